The van der Waals surface area contributed by atoms with Gasteiger partial charge in [-0.15, -0.1) is 13.2 Å². The van der Waals surface area contributed by atoms with Crippen molar-refractivity contribution in [1.82, 2.24) is 0 Å². The van der Waals surface area contributed by atoms with E-state index in [-0.39, 0.29) is 11.7 Å². The van der Waals surface area contributed by atoms with E-state index in [4.69, 9.17) is 0 Å². The van der Waals surface area contributed by atoms with Gasteiger partial charge in [0, 0.05) is 18.3 Å². The van der Waals surface area contributed by atoms with Crippen LogP contribution in [0.15, 0.2) is 54.6 Å². The Morgan fingerprint density at radius 2 is 1.76 bits per heavy atom. The van der Waals surface area contributed by atoms with Crippen LogP contribution >= 0.6 is 0 Å². The summed E-state index contributed by atoms with van der Waals surface area (Å²) in [5.41, 5.74) is 1.77. The summed E-state index contributed by atoms with van der Waals surface area (Å²) >= 11 is 0. The highest BCUT2D eigenvalue weighted by Gasteiger charge is 2.31. The molecule has 1 atom stereocenters. The highest BCUT2D eigenvalue weighted by molar-refractivity contribution is 5.48. The zero-order valence-corrected chi connectivity index (χ0v) is 11.5. The molecule has 0 amide bonds. The summed E-state index contributed by atoms with van der Waals surface area (Å²) in [5.74, 6) is 0.0262. The van der Waals surface area contributed by atoms with Crippen LogP contribution in [0.1, 0.15) is 18.4 Å². The Hall–Kier alpha value is -2.17. The quantitative estimate of drug-likeness (QED) is 0.855. The van der Waals surface area contributed by atoms with Crippen molar-refractivity contribution in [2.24, 2.45) is 0 Å². The van der Waals surface area contributed by atoms with Crippen LogP contribution in [0.2, 0.25) is 0 Å². The average Bonchev–Trinajstić information content (AvgIpc) is 2.44. The molecule has 112 valence electrons. The van der Waals surface area contributed by atoms with Crippen molar-refractivity contribution in [3.8, 4) is 5.75 Å². The molecule has 2 nitrogen and oxygen atoms in total. The van der Waals surface area contributed by atoms with Gasteiger partial charge in [-0.1, -0.05) is 43.3 Å². The van der Waals surface area contributed by atoms with E-state index in [1.54, 1.807) is 6.07 Å². The molecular formula is C16H16F3NO. The third-order valence-electron chi connectivity index (χ3n) is 3.05. The molecule has 0 aliphatic carbocycles. The second kappa shape index (κ2) is 6.52. The van der Waals surface area contributed by atoms with Crippen molar-refractivity contribution >= 4 is 5.69 Å². The van der Waals surface area contributed by atoms with Gasteiger partial charge in [0.05, 0.1) is 0 Å². The van der Waals surface area contributed by atoms with Crippen LogP contribution in [0.5, 0.6) is 5.75 Å². The van der Waals surface area contributed by atoms with Gasteiger partial charge in [0.25, 0.3) is 0 Å². The minimum atomic E-state index is -4.67. The van der Waals surface area contributed by atoms with Gasteiger partial charge in [0.2, 0.25) is 0 Å². The van der Waals surface area contributed by atoms with Crippen LogP contribution in [-0.4, -0.2) is 12.9 Å². The highest BCUT2D eigenvalue weighted by atomic mass is 19.4. The molecule has 2 rings (SSSR count). The first-order valence-corrected chi connectivity index (χ1v) is 6.59. The fourth-order valence-corrected chi connectivity index (χ4v) is 1.97. The van der Waals surface area contributed by atoms with Gasteiger partial charge in [-0.25, -0.2) is 0 Å². The SMILES string of the molecule is CC(CNc1cccc(OC(F)(F)F)c1)c1ccccc1. The first-order chi connectivity index (χ1) is 9.94. The zero-order valence-electron chi connectivity index (χ0n) is 11.5. The predicted molar refractivity (Wildman–Crippen MR) is 76.5 cm³/mol. The first-order valence-electron chi connectivity index (χ1n) is 6.59. The molecule has 0 aliphatic heterocycles. The summed E-state index contributed by atoms with van der Waals surface area (Å²) in [5, 5.41) is 3.12. The van der Waals surface area contributed by atoms with Gasteiger partial charge < -0.3 is 10.1 Å². The predicted octanol–water partition coefficient (Wildman–Crippen LogP) is 4.80. The van der Waals surface area contributed by atoms with E-state index >= 15 is 0 Å². The minimum absolute atomic E-state index is 0.222. The topological polar surface area (TPSA) is 21.3 Å². The van der Waals surface area contributed by atoms with Gasteiger partial charge >= 0.3 is 6.36 Å². The number of alkyl halides is 3. The van der Waals surface area contributed by atoms with E-state index in [0.717, 1.165) is 0 Å². The van der Waals surface area contributed by atoms with Crippen molar-refractivity contribution in [2.45, 2.75) is 19.2 Å². The van der Waals surface area contributed by atoms with Gasteiger partial charge in [0.1, 0.15) is 5.75 Å². The van der Waals surface area contributed by atoms with E-state index in [1.807, 2.05) is 30.3 Å². The summed E-state index contributed by atoms with van der Waals surface area (Å²) in [4.78, 5) is 0. The molecule has 1 N–H and O–H groups in total. The molecule has 0 aliphatic rings. The Morgan fingerprint density at radius 1 is 1.05 bits per heavy atom. The summed E-state index contributed by atoms with van der Waals surface area (Å²) in [7, 11) is 0. The molecule has 21 heavy (non-hydrogen) atoms. The standard InChI is InChI=1S/C16H16F3NO/c1-12(13-6-3-2-4-7-13)11-20-14-8-5-9-15(10-14)21-16(17,18)19/h2-10,12,20H,11H2,1H3. The van der Waals surface area contributed by atoms with Gasteiger partial charge in [-0.3, -0.25) is 0 Å². The van der Waals surface area contributed by atoms with Crippen molar-refractivity contribution in [3.05, 3.63) is 60.2 Å². The third-order valence-corrected chi connectivity index (χ3v) is 3.05. The lowest BCUT2D eigenvalue weighted by molar-refractivity contribution is -0.274. The van der Waals surface area contributed by atoms with Crippen molar-refractivity contribution in [3.63, 3.8) is 0 Å². The molecule has 0 saturated carbocycles. The van der Waals surface area contributed by atoms with E-state index in [9.17, 15) is 13.2 Å². The van der Waals surface area contributed by atoms with E-state index < -0.39 is 6.36 Å². The van der Waals surface area contributed by atoms with Crippen LogP contribution in [-0.2, 0) is 0 Å². The average molecular weight is 295 g/mol. The molecule has 2 aromatic rings. The molecule has 0 fully saturated rings. The molecular weight excluding hydrogens is 279 g/mol. The van der Waals surface area contributed by atoms with Gasteiger partial charge in [0.15, 0.2) is 0 Å². The smallest absolute Gasteiger partial charge is 0.406 e. The Labute approximate surface area is 121 Å². The van der Waals surface area contributed by atoms with Gasteiger partial charge in [-0.05, 0) is 23.6 Å². The lowest BCUT2D eigenvalue weighted by atomic mass is 10.0. The summed E-state index contributed by atoms with van der Waals surface area (Å²) in [6.45, 7) is 2.68. The number of benzene rings is 2. The minimum Gasteiger partial charge on any atom is -0.406 e. The number of nitrogens with one attached hydrogen (secondary N) is 1. The summed E-state index contributed by atoms with van der Waals surface area (Å²) in [6, 6.07) is 15.8. The van der Waals surface area contributed by atoms with Crippen LogP contribution in [0.4, 0.5) is 18.9 Å². The molecule has 5 heteroatoms. The Bertz CT molecular complexity index is 569. The number of anilines is 1. The normalized spacial score (nSPS) is 12.8. The van der Waals surface area contributed by atoms with Crippen molar-refractivity contribution in [1.29, 1.82) is 0 Å². The molecule has 0 aromatic heterocycles. The van der Waals surface area contributed by atoms with Crippen molar-refractivity contribution < 1.29 is 17.9 Å². The first kappa shape index (κ1) is 15.2. The maximum absolute atomic E-state index is 12.2. The number of hydrogen-bond acceptors (Lipinski definition) is 2. The van der Waals surface area contributed by atoms with Crippen LogP contribution in [0.3, 0.4) is 0 Å². The highest BCUT2D eigenvalue weighted by Crippen LogP contribution is 2.25. The Kier molecular flexibility index (Phi) is 4.73. The van der Waals surface area contributed by atoms with Crippen LogP contribution in [0, 0.1) is 0 Å². The number of hydrogen-bond donors (Lipinski definition) is 1. The number of halogens is 3. The maximum atomic E-state index is 12.2. The van der Waals surface area contributed by atoms with Crippen molar-refractivity contribution in [2.75, 3.05) is 11.9 Å². The Balaban J connectivity index is 1.96. The van der Waals surface area contributed by atoms with E-state index in [2.05, 4.69) is 17.0 Å². The largest absolute Gasteiger partial charge is 0.573 e. The third kappa shape index (κ3) is 5.02. The Morgan fingerprint density at radius 3 is 2.43 bits per heavy atom. The molecule has 1 unspecified atom stereocenters. The number of ether oxygens (including phenoxy) is 1. The monoisotopic (exact) mass is 295 g/mol. The molecule has 0 bridgehead atoms. The van der Waals surface area contributed by atoms with Crippen LogP contribution < -0.4 is 10.1 Å². The summed E-state index contributed by atoms with van der Waals surface area (Å²) in [6.07, 6.45) is -4.67. The molecule has 2 aromatic carbocycles. The second-order valence-electron chi connectivity index (χ2n) is 4.77. The fourth-order valence-electron chi connectivity index (χ4n) is 1.97. The van der Waals surface area contributed by atoms with Gasteiger partial charge in [-0.2, -0.15) is 0 Å². The lowest BCUT2D eigenvalue weighted by Gasteiger charge is -2.15. The zero-order chi connectivity index (χ0) is 15.3. The number of rotatable bonds is 5. The van der Waals surface area contributed by atoms with Crippen LogP contribution in [0.25, 0.3) is 0 Å². The van der Waals surface area contributed by atoms with E-state index in [0.29, 0.717) is 12.2 Å². The van der Waals surface area contributed by atoms with E-state index in [1.165, 1.54) is 23.8 Å². The molecule has 0 spiro atoms. The lowest BCUT2D eigenvalue weighted by Crippen LogP contribution is -2.17. The molecule has 0 radical (unpaired) electrons. The summed E-state index contributed by atoms with van der Waals surface area (Å²) < 4.78 is 40.4. The molecule has 0 heterocycles. The maximum Gasteiger partial charge on any atom is 0.573 e. The second-order valence-corrected chi connectivity index (χ2v) is 4.77. The fraction of sp³-hybridized carbons (Fsp3) is 0.250. The molecule has 0 saturated heterocycles.